The zero-order chi connectivity index (χ0) is 8.97. The molecule has 1 N–H and O–H groups in total. The third kappa shape index (κ3) is 4.91. The molecule has 1 aromatic rings. The molecule has 0 unspecified atom stereocenters. The van der Waals surface area contributed by atoms with E-state index in [4.69, 9.17) is 0 Å². The van der Waals surface area contributed by atoms with Crippen LogP contribution in [-0.2, 0) is 6.54 Å². The fraction of sp³-hybridized carbons (Fsp3) is 0.455. The molecule has 0 saturated carbocycles. The lowest BCUT2D eigenvalue weighted by atomic mass is 10.1. The number of hydrogen-bond donors (Lipinski definition) is 1. The van der Waals surface area contributed by atoms with Gasteiger partial charge in [0.1, 0.15) is 0 Å². The van der Waals surface area contributed by atoms with Crippen LogP contribution in [-0.4, -0.2) is 6.04 Å². The Balaban J connectivity index is 0.00000144. The second kappa shape index (κ2) is 6.01. The summed E-state index contributed by atoms with van der Waals surface area (Å²) in [7, 11) is 0. The van der Waals surface area contributed by atoms with Crippen LogP contribution in [0.4, 0.5) is 0 Å². The van der Waals surface area contributed by atoms with Gasteiger partial charge in [0.15, 0.2) is 0 Å². The topological polar surface area (TPSA) is 12.0 Å². The predicted octanol–water partition coefficient (Wildman–Crippen LogP) is 2.91. The lowest BCUT2D eigenvalue weighted by molar-refractivity contribution is 0.589. The van der Waals surface area contributed by atoms with Gasteiger partial charge in [-0.3, -0.25) is 0 Å². The smallest absolute Gasteiger partial charge is 0.0207 e. The highest BCUT2D eigenvalue weighted by Crippen LogP contribution is 2.02. The summed E-state index contributed by atoms with van der Waals surface area (Å²) >= 11 is 0. The third-order valence-corrected chi connectivity index (χ3v) is 1.84. The molecule has 2 heteroatoms. The van der Waals surface area contributed by atoms with Crippen molar-refractivity contribution in [1.82, 2.24) is 5.32 Å². The van der Waals surface area contributed by atoms with Crippen LogP contribution in [0.2, 0.25) is 0 Å². The summed E-state index contributed by atoms with van der Waals surface area (Å²) in [4.78, 5) is 0. The van der Waals surface area contributed by atoms with Crippen molar-refractivity contribution in [3.63, 3.8) is 0 Å². The van der Waals surface area contributed by atoms with Gasteiger partial charge < -0.3 is 5.32 Å². The van der Waals surface area contributed by atoms with Crippen LogP contribution in [0.15, 0.2) is 24.3 Å². The first kappa shape index (κ1) is 12.5. The van der Waals surface area contributed by atoms with Crippen molar-refractivity contribution in [3.05, 3.63) is 35.4 Å². The molecule has 0 aliphatic heterocycles. The van der Waals surface area contributed by atoms with E-state index in [1.165, 1.54) is 11.1 Å². The molecular weight excluding hydrogens is 182 g/mol. The van der Waals surface area contributed by atoms with Gasteiger partial charge in [0.2, 0.25) is 0 Å². The Kier molecular flexibility index (Phi) is 5.76. The standard InChI is InChI=1S/C11H17N.ClH/c1-9(2)12-8-11-6-4-10(3)5-7-11;/h4-7,9,12H,8H2,1-3H3;1H. The van der Waals surface area contributed by atoms with Gasteiger partial charge in [-0.15, -0.1) is 12.4 Å². The molecule has 0 bridgehead atoms. The van der Waals surface area contributed by atoms with Crippen molar-refractivity contribution in [2.24, 2.45) is 0 Å². The Hall–Kier alpha value is -0.530. The molecule has 0 aromatic heterocycles. The van der Waals surface area contributed by atoms with Crippen molar-refractivity contribution in [3.8, 4) is 0 Å². The van der Waals surface area contributed by atoms with Gasteiger partial charge in [0.05, 0.1) is 0 Å². The molecule has 0 aliphatic rings. The highest BCUT2D eigenvalue weighted by molar-refractivity contribution is 5.85. The van der Waals surface area contributed by atoms with Crippen molar-refractivity contribution in [2.75, 3.05) is 0 Å². The van der Waals surface area contributed by atoms with Crippen LogP contribution in [0, 0.1) is 6.92 Å². The average molecular weight is 200 g/mol. The van der Waals surface area contributed by atoms with E-state index in [-0.39, 0.29) is 12.4 Å². The monoisotopic (exact) mass is 199 g/mol. The summed E-state index contributed by atoms with van der Waals surface area (Å²) < 4.78 is 0. The van der Waals surface area contributed by atoms with Crippen LogP contribution < -0.4 is 5.32 Å². The number of hydrogen-bond acceptors (Lipinski definition) is 1. The Bertz CT molecular complexity index is 228. The number of benzene rings is 1. The summed E-state index contributed by atoms with van der Waals surface area (Å²) in [6.45, 7) is 7.40. The van der Waals surface area contributed by atoms with Gasteiger partial charge in [0, 0.05) is 12.6 Å². The lowest BCUT2D eigenvalue weighted by Crippen LogP contribution is -2.21. The number of rotatable bonds is 3. The number of aryl methyl sites for hydroxylation is 1. The minimum atomic E-state index is 0. The highest BCUT2D eigenvalue weighted by Gasteiger charge is 1.93. The molecule has 0 radical (unpaired) electrons. The summed E-state index contributed by atoms with van der Waals surface area (Å²) in [5.74, 6) is 0. The average Bonchev–Trinajstić information content (AvgIpc) is 2.03. The second-order valence-corrected chi connectivity index (χ2v) is 3.52. The van der Waals surface area contributed by atoms with Gasteiger partial charge in [0.25, 0.3) is 0 Å². The van der Waals surface area contributed by atoms with E-state index >= 15 is 0 Å². The first-order valence-electron chi connectivity index (χ1n) is 4.47. The van der Waals surface area contributed by atoms with Crippen LogP contribution in [0.25, 0.3) is 0 Å². The van der Waals surface area contributed by atoms with E-state index in [2.05, 4.69) is 50.4 Å². The molecule has 1 nitrogen and oxygen atoms in total. The van der Waals surface area contributed by atoms with E-state index < -0.39 is 0 Å². The van der Waals surface area contributed by atoms with E-state index in [1.807, 2.05) is 0 Å². The molecule has 0 atom stereocenters. The van der Waals surface area contributed by atoms with Gasteiger partial charge in [-0.25, -0.2) is 0 Å². The van der Waals surface area contributed by atoms with Gasteiger partial charge in [-0.05, 0) is 12.5 Å². The fourth-order valence-corrected chi connectivity index (χ4v) is 1.03. The zero-order valence-corrected chi connectivity index (χ0v) is 9.32. The molecule has 13 heavy (non-hydrogen) atoms. The Morgan fingerprint density at radius 3 is 2.15 bits per heavy atom. The largest absolute Gasteiger partial charge is 0.310 e. The third-order valence-electron chi connectivity index (χ3n) is 1.84. The van der Waals surface area contributed by atoms with Gasteiger partial charge >= 0.3 is 0 Å². The maximum atomic E-state index is 3.38. The molecule has 74 valence electrons. The van der Waals surface area contributed by atoms with Crippen molar-refractivity contribution in [1.29, 1.82) is 0 Å². The first-order valence-corrected chi connectivity index (χ1v) is 4.47. The number of nitrogens with one attached hydrogen (secondary N) is 1. The molecule has 0 fully saturated rings. The molecule has 1 aromatic carbocycles. The molecule has 0 saturated heterocycles. The maximum Gasteiger partial charge on any atom is 0.0207 e. The molecule has 0 amide bonds. The fourth-order valence-electron chi connectivity index (χ4n) is 1.03. The minimum absolute atomic E-state index is 0. The van der Waals surface area contributed by atoms with Crippen molar-refractivity contribution >= 4 is 12.4 Å². The van der Waals surface area contributed by atoms with Crippen molar-refractivity contribution in [2.45, 2.75) is 33.4 Å². The van der Waals surface area contributed by atoms with E-state index in [1.54, 1.807) is 0 Å². The van der Waals surface area contributed by atoms with Gasteiger partial charge in [-0.2, -0.15) is 0 Å². The lowest BCUT2D eigenvalue weighted by Gasteiger charge is -2.07. The minimum Gasteiger partial charge on any atom is -0.310 e. The van der Waals surface area contributed by atoms with Crippen molar-refractivity contribution < 1.29 is 0 Å². The molecule has 1 rings (SSSR count). The van der Waals surface area contributed by atoms with Crippen LogP contribution in [0.1, 0.15) is 25.0 Å². The summed E-state index contributed by atoms with van der Waals surface area (Å²) in [6, 6.07) is 9.20. The Labute approximate surface area is 87.0 Å². The molecular formula is C11H18ClN. The molecule has 0 heterocycles. The molecule has 0 spiro atoms. The van der Waals surface area contributed by atoms with E-state index in [9.17, 15) is 0 Å². The summed E-state index contributed by atoms with van der Waals surface area (Å²) in [5, 5.41) is 3.38. The van der Waals surface area contributed by atoms with Crippen LogP contribution in [0.3, 0.4) is 0 Å². The van der Waals surface area contributed by atoms with E-state index in [0.29, 0.717) is 6.04 Å². The van der Waals surface area contributed by atoms with Crippen LogP contribution in [0.5, 0.6) is 0 Å². The van der Waals surface area contributed by atoms with E-state index in [0.717, 1.165) is 6.54 Å². The number of halogens is 1. The highest BCUT2D eigenvalue weighted by atomic mass is 35.5. The predicted molar refractivity (Wildman–Crippen MR) is 60.4 cm³/mol. The Morgan fingerprint density at radius 2 is 1.69 bits per heavy atom. The first-order chi connectivity index (χ1) is 5.68. The Morgan fingerprint density at radius 1 is 1.15 bits per heavy atom. The SMILES string of the molecule is Cc1ccc(CNC(C)C)cc1.Cl. The summed E-state index contributed by atoms with van der Waals surface area (Å²) in [6.07, 6.45) is 0. The normalized spacial score (nSPS) is 9.85. The quantitative estimate of drug-likeness (QED) is 0.790. The van der Waals surface area contributed by atoms with Gasteiger partial charge in [-0.1, -0.05) is 43.7 Å². The maximum absolute atomic E-state index is 3.38. The molecule has 0 aliphatic carbocycles. The second-order valence-electron chi connectivity index (χ2n) is 3.52. The zero-order valence-electron chi connectivity index (χ0n) is 8.50. The van der Waals surface area contributed by atoms with Crippen LogP contribution >= 0.6 is 12.4 Å². The summed E-state index contributed by atoms with van der Waals surface area (Å²) in [5.41, 5.74) is 2.68.